The van der Waals surface area contributed by atoms with Crippen LogP contribution in [0.4, 0.5) is 0 Å². The average Bonchev–Trinajstić information content (AvgIpc) is 2.06. The predicted molar refractivity (Wildman–Crippen MR) is 59.2 cm³/mol. The summed E-state index contributed by atoms with van der Waals surface area (Å²) < 4.78 is 0. The molecule has 0 aromatic heterocycles. The normalized spacial score (nSPS) is 11.7. The van der Waals surface area contributed by atoms with Crippen molar-refractivity contribution in [2.24, 2.45) is 0 Å². The molecular formula is C12H19NO. The van der Waals surface area contributed by atoms with Crippen LogP contribution in [-0.4, -0.2) is 17.3 Å². The molecule has 2 N–H and O–H groups in total. The zero-order valence-corrected chi connectivity index (χ0v) is 9.17. The Morgan fingerprint density at radius 3 is 2.50 bits per heavy atom. The number of aliphatic hydroxyl groups is 1. The van der Waals surface area contributed by atoms with Gasteiger partial charge in [0.05, 0.1) is 5.60 Å². The molecule has 0 aliphatic carbocycles. The van der Waals surface area contributed by atoms with Crippen LogP contribution in [0.1, 0.15) is 25.0 Å². The van der Waals surface area contributed by atoms with E-state index in [0.29, 0.717) is 6.54 Å². The number of rotatable bonds is 4. The van der Waals surface area contributed by atoms with Crippen LogP contribution in [0.15, 0.2) is 24.3 Å². The first-order valence-corrected chi connectivity index (χ1v) is 4.97. The smallest absolute Gasteiger partial charge is 0.0715 e. The van der Waals surface area contributed by atoms with E-state index in [1.54, 1.807) is 13.8 Å². The van der Waals surface area contributed by atoms with Gasteiger partial charge in [-0.05, 0) is 31.9 Å². The van der Waals surface area contributed by atoms with E-state index in [9.17, 15) is 5.11 Å². The lowest BCUT2D eigenvalue weighted by Crippen LogP contribution is -2.34. The molecule has 0 heterocycles. The third-order valence-electron chi connectivity index (χ3n) is 2.13. The lowest BCUT2D eigenvalue weighted by Gasteiger charge is -2.18. The largest absolute Gasteiger partial charge is 0.389 e. The molecule has 0 fully saturated rings. The Balaban J connectivity index is 2.43. The van der Waals surface area contributed by atoms with E-state index in [-0.39, 0.29) is 0 Å². The molecule has 0 saturated heterocycles. The third kappa shape index (κ3) is 3.90. The number of nitrogens with one attached hydrogen (secondary N) is 1. The summed E-state index contributed by atoms with van der Waals surface area (Å²) in [6.45, 7) is 7.13. The van der Waals surface area contributed by atoms with Gasteiger partial charge in [-0.1, -0.05) is 24.3 Å². The first kappa shape index (κ1) is 11.2. The van der Waals surface area contributed by atoms with Gasteiger partial charge in [-0.15, -0.1) is 0 Å². The van der Waals surface area contributed by atoms with E-state index in [4.69, 9.17) is 0 Å². The molecule has 2 heteroatoms. The fourth-order valence-electron chi connectivity index (χ4n) is 1.31. The summed E-state index contributed by atoms with van der Waals surface area (Å²) >= 11 is 0. The Hall–Kier alpha value is -0.860. The second-order valence-corrected chi connectivity index (χ2v) is 4.34. The van der Waals surface area contributed by atoms with Gasteiger partial charge in [0.25, 0.3) is 0 Å². The molecule has 0 saturated carbocycles. The summed E-state index contributed by atoms with van der Waals surface area (Å²) in [4.78, 5) is 0. The highest BCUT2D eigenvalue weighted by Gasteiger charge is 2.10. The number of aryl methyl sites for hydroxylation is 1. The van der Waals surface area contributed by atoms with Crippen LogP contribution in [0, 0.1) is 6.92 Å². The van der Waals surface area contributed by atoms with Crippen molar-refractivity contribution in [1.29, 1.82) is 0 Å². The minimum absolute atomic E-state index is 0.612. The Morgan fingerprint density at radius 2 is 1.93 bits per heavy atom. The predicted octanol–water partition coefficient (Wildman–Crippen LogP) is 1.86. The highest BCUT2D eigenvalue weighted by Crippen LogP contribution is 2.06. The highest BCUT2D eigenvalue weighted by molar-refractivity contribution is 5.25. The number of benzene rings is 1. The topological polar surface area (TPSA) is 32.3 Å². The monoisotopic (exact) mass is 193 g/mol. The average molecular weight is 193 g/mol. The molecule has 1 aromatic rings. The first-order valence-electron chi connectivity index (χ1n) is 4.97. The van der Waals surface area contributed by atoms with E-state index in [0.717, 1.165) is 6.54 Å². The molecule has 78 valence electrons. The van der Waals surface area contributed by atoms with Crippen LogP contribution in [0.3, 0.4) is 0 Å². The molecule has 2 nitrogen and oxygen atoms in total. The van der Waals surface area contributed by atoms with Crippen LogP contribution in [0.5, 0.6) is 0 Å². The van der Waals surface area contributed by atoms with Gasteiger partial charge in [0.1, 0.15) is 0 Å². The maximum atomic E-state index is 9.50. The molecule has 0 amide bonds. The maximum absolute atomic E-state index is 9.50. The van der Waals surface area contributed by atoms with Crippen LogP contribution in [0.25, 0.3) is 0 Å². The van der Waals surface area contributed by atoms with E-state index in [1.807, 2.05) is 12.1 Å². The molecule has 0 bridgehead atoms. The summed E-state index contributed by atoms with van der Waals surface area (Å²) in [5.74, 6) is 0. The summed E-state index contributed by atoms with van der Waals surface area (Å²) in [7, 11) is 0. The fraction of sp³-hybridized carbons (Fsp3) is 0.500. The van der Waals surface area contributed by atoms with Crippen molar-refractivity contribution in [3.63, 3.8) is 0 Å². The zero-order valence-electron chi connectivity index (χ0n) is 9.17. The summed E-state index contributed by atoms with van der Waals surface area (Å²) in [5.41, 5.74) is 1.94. The lowest BCUT2D eigenvalue weighted by molar-refractivity contribution is 0.0795. The van der Waals surface area contributed by atoms with Gasteiger partial charge in [0.15, 0.2) is 0 Å². The van der Waals surface area contributed by atoms with Gasteiger partial charge in [-0.25, -0.2) is 0 Å². The van der Waals surface area contributed by atoms with Gasteiger partial charge >= 0.3 is 0 Å². The van der Waals surface area contributed by atoms with Crippen molar-refractivity contribution in [3.05, 3.63) is 35.4 Å². The maximum Gasteiger partial charge on any atom is 0.0715 e. The van der Waals surface area contributed by atoms with Gasteiger partial charge in [-0.2, -0.15) is 0 Å². The van der Waals surface area contributed by atoms with E-state index < -0.39 is 5.60 Å². The molecule has 14 heavy (non-hydrogen) atoms. The van der Waals surface area contributed by atoms with E-state index >= 15 is 0 Å². The standard InChI is InChI=1S/C12H19NO/c1-10-6-4-5-7-11(10)8-13-9-12(2,3)14/h4-7,13-14H,8-9H2,1-3H3. The fourth-order valence-corrected chi connectivity index (χ4v) is 1.31. The first-order chi connectivity index (χ1) is 6.49. The van der Waals surface area contributed by atoms with Gasteiger partial charge in [-0.3, -0.25) is 0 Å². The molecule has 1 aromatic carbocycles. The molecule has 0 unspecified atom stereocenters. The van der Waals surface area contributed by atoms with E-state index in [2.05, 4.69) is 24.4 Å². The molecule has 1 rings (SSSR count). The second-order valence-electron chi connectivity index (χ2n) is 4.34. The van der Waals surface area contributed by atoms with Crippen molar-refractivity contribution >= 4 is 0 Å². The second kappa shape index (κ2) is 4.58. The minimum atomic E-state index is -0.636. The van der Waals surface area contributed by atoms with Gasteiger partial charge < -0.3 is 10.4 Å². The Morgan fingerprint density at radius 1 is 1.29 bits per heavy atom. The molecule has 0 radical (unpaired) electrons. The molecule has 0 spiro atoms. The molecule has 0 aliphatic rings. The van der Waals surface area contributed by atoms with Crippen molar-refractivity contribution < 1.29 is 5.11 Å². The summed E-state index contributed by atoms with van der Waals surface area (Å²) in [6, 6.07) is 8.27. The molecular weight excluding hydrogens is 174 g/mol. The van der Waals surface area contributed by atoms with Crippen molar-refractivity contribution in [1.82, 2.24) is 5.32 Å². The molecule has 0 aliphatic heterocycles. The summed E-state index contributed by atoms with van der Waals surface area (Å²) in [6.07, 6.45) is 0. The van der Waals surface area contributed by atoms with Crippen LogP contribution in [0.2, 0.25) is 0 Å². The quantitative estimate of drug-likeness (QED) is 0.765. The highest BCUT2D eigenvalue weighted by atomic mass is 16.3. The Labute approximate surface area is 86.0 Å². The minimum Gasteiger partial charge on any atom is -0.389 e. The number of hydrogen-bond acceptors (Lipinski definition) is 2. The Kier molecular flexibility index (Phi) is 3.67. The van der Waals surface area contributed by atoms with Crippen LogP contribution in [-0.2, 0) is 6.54 Å². The van der Waals surface area contributed by atoms with Gasteiger partial charge in [0, 0.05) is 13.1 Å². The van der Waals surface area contributed by atoms with Crippen molar-refractivity contribution in [3.8, 4) is 0 Å². The summed E-state index contributed by atoms with van der Waals surface area (Å²) in [5, 5.41) is 12.7. The molecule has 0 atom stereocenters. The van der Waals surface area contributed by atoms with Crippen LogP contribution < -0.4 is 5.32 Å². The van der Waals surface area contributed by atoms with Gasteiger partial charge in [0.2, 0.25) is 0 Å². The SMILES string of the molecule is Cc1ccccc1CNCC(C)(C)O. The van der Waals surface area contributed by atoms with Crippen LogP contribution >= 0.6 is 0 Å². The Bertz CT molecular complexity index is 289. The van der Waals surface area contributed by atoms with E-state index in [1.165, 1.54) is 11.1 Å². The third-order valence-corrected chi connectivity index (χ3v) is 2.13. The number of hydrogen-bond donors (Lipinski definition) is 2. The van der Waals surface area contributed by atoms with Crippen molar-refractivity contribution in [2.45, 2.75) is 32.9 Å². The zero-order chi connectivity index (χ0) is 10.6. The lowest BCUT2D eigenvalue weighted by atomic mass is 10.1. The van der Waals surface area contributed by atoms with Crippen molar-refractivity contribution in [2.75, 3.05) is 6.54 Å².